The van der Waals surface area contributed by atoms with Crippen LogP contribution in [-0.4, -0.2) is 11.6 Å². The van der Waals surface area contributed by atoms with Crippen molar-refractivity contribution in [1.29, 1.82) is 0 Å². The largest absolute Gasteiger partial charge is 0.478 e. The van der Waals surface area contributed by atoms with Gasteiger partial charge < -0.3 is 10.5 Å². The van der Waals surface area contributed by atoms with Crippen molar-refractivity contribution in [3.05, 3.63) is 23.9 Å². The van der Waals surface area contributed by atoms with Crippen LogP contribution in [0.1, 0.15) is 12.6 Å². The van der Waals surface area contributed by atoms with E-state index in [1.165, 1.54) is 0 Å². The van der Waals surface area contributed by atoms with Gasteiger partial charge in [-0.05, 0) is 13.0 Å². The fourth-order valence-electron chi connectivity index (χ4n) is 0.800. The van der Waals surface area contributed by atoms with Crippen LogP contribution in [0.3, 0.4) is 0 Å². The molecule has 1 aromatic heterocycles. The molecule has 5 heteroatoms. The highest BCUT2D eigenvalue weighted by molar-refractivity contribution is 5.85. The Bertz CT molecular complexity index is 233. The molecule has 2 N–H and O–H groups in total. The Labute approximate surface area is 90.5 Å². The third-order valence-corrected chi connectivity index (χ3v) is 1.28. The SMILES string of the molecule is CCOc1cccc(CN)n1.Cl.Cl. The van der Waals surface area contributed by atoms with Gasteiger partial charge in [-0.15, -0.1) is 24.8 Å². The summed E-state index contributed by atoms with van der Waals surface area (Å²) in [6, 6.07) is 5.59. The second kappa shape index (κ2) is 8.10. The molecule has 0 aromatic carbocycles. The Kier molecular flexibility index (Phi) is 9.34. The molecule has 0 saturated heterocycles. The van der Waals surface area contributed by atoms with Gasteiger partial charge in [0.25, 0.3) is 0 Å². The van der Waals surface area contributed by atoms with Crippen LogP contribution in [0.5, 0.6) is 5.88 Å². The van der Waals surface area contributed by atoms with E-state index in [1.54, 1.807) is 0 Å². The van der Waals surface area contributed by atoms with Crippen molar-refractivity contribution in [3.8, 4) is 5.88 Å². The maximum absolute atomic E-state index is 5.40. The lowest BCUT2D eigenvalue weighted by molar-refractivity contribution is 0.326. The number of ether oxygens (including phenoxy) is 1. The molecule has 0 saturated carbocycles. The quantitative estimate of drug-likeness (QED) is 0.852. The Morgan fingerprint density at radius 3 is 2.62 bits per heavy atom. The number of hydrogen-bond acceptors (Lipinski definition) is 3. The van der Waals surface area contributed by atoms with Gasteiger partial charge in [-0.1, -0.05) is 6.07 Å². The highest BCUT2D eigenvalue weighted by atomic mass is 35.5. The smallest absolute Gasteiger partial charge is 0.213 e. The lowest BCUT2D eigenvalue weighted by Gasteiger charge is -2.02. The maximum Gasteiger partial charge on any atom is 0.213 e. The van der Waals surface area contributed by atoms with Crippen LogP contribution in [0, 0.1) is 0 Å². The second-order valence-corrected chi connectivity index (χ2v) is 2.10. The van der Waals surface area contributed by atoms with Crippen molar-refractivity contribution in [1.82, 2.24) is 4.98 Å². The average molecular weight is 225 g/mol. The van der Waals surface area contributed by atoms with Crippen LogP contribution >= 0.6 is 24.8 Å². The Hall–Kier alpha value is -0.510. The highest BCUT2D eigenvalue weighted by Gasteiger charge is 1.94. The van der Waals surface area contributed by atoms with Crippen molar-refractivity contribution in [2.45, 2.75) is 13.5 Å². The summed E-state index contributed by atoms with van der Waals surface area (Å²) in [5, 5.41) is 0. The number of pyridine rings is 1. The summed E-state index contributed by atoms with van der Waals surface area (Å²) < 4.78 is 5.18. The molecular formula is C8H14Cl2N2O. The minimum atomic E-state index is 0. The molecule has 3 nitrogen and oxygen atoms in total. The van der Waals surface area contributed by atoms with Crippen molar-refractivity contribution in [2.75, 3.05) is 6.61 Å². The Morgan fingerprint density at radius 2 is 2.08 bits per heavy atom. The first-order valence-corrected chi connectivity index (χ1v) is 3.65. The molecule has 0 aliphatic rings. The molecular weight excluding hydrogens is 211 g/mol. The summed E-state index contributed by atoms with van der Waals surface area (Å²) in [6.07, 6.45) is 0. The molecule has 1 heterocycles. The molecule has 0 bridgehead atoms. The number of nitrogens with two attached hydrogens (primary N) is 1. The van der Waals surface area contributed by atoms with Gasteiger partial charge in [0.15, 0.2) is 0 Å². The molecule has 0 fully saturated rings. The van der Waals surface area contributed by atoms with Gasteiger partial charge in [-0.2, -0.15) is 0 Å². The van der Waals surface area contributed by atoms with Crippen LogP contribution in [0.4, 0.5) is 0 Å². The zero-order valence-corrected chi connectivity index (χ0v) is 9.03. The minimum absolute atomic E-state index is 0. The monoisotopic (exact) mass is 224 g/mol. The summed E-state index contributed by atoms with van der Waals surface area (Å²) in [5.74, 6) is 0.649. The second-order valence-electron chi connectivity index (χ2n) is 2.10. The third kappa shape index (κ3) is 4.93. The maximum atomic E-state index is 5.40. The molecule has 13 heavy (non-hydrogen) atoms. The van der Waals surface area contributed by atoms with E-state index < -0.39 is 0 Å². The third-order valence-electron chi connectivity index (χ3n) is 1.28. The van der Waals surface area contributed by atoms with Crippen molar-refractivity contribution in [3.63, 3.8) is 0 Å². The number of aromatic nitrogens is 1. The van der Waals surface area contributed by atoms with Gasteiger partial charge in [-0.25, -0.2) is 4.98 Å². The first-order chi connectivity index (χ1) is 5.36. The molecule has 0 amide bonds. The van der Waals surface area contributed by atoms with Crippen molar-refractivity contribution < 1.29 is 4.74 Å². The van der Waals surface area contributed by atoms with Crippen LogP contribution in [0.15, 0.2) is 18.2 Å². The molecule has 1 aromatic rings. The summed E-state index contributed by atoms with van der Waals surface area (Å²) in [4.78, 5) is 4.13. The van der Waals surface area contributed by atoms with E-state index in [2.05, 4.69) is 4.98 Å². The Balaban J connectivity index is 0. The number of hydrogen-bond donors (Lipinski definition) is 1. The fraction of sp³-hybridized carbons (Fsp3) is 0.375. The van der Waals surface area contributed by atoms with Crippen molar-refractivity contribution >= 4 is 24.8 Å². The van der Waals surface area contributed by atoms with Crippen LogP contribution in [-0.2, 0) is 6.54 Å². The van der Waals surface area contributed by atoms with E-state index in [-0.39, 0.29) is 24.8 Å². The number of rotatable bonds is 3. The molecule has 76 valence electrons. The van der Waals surface area contributed by atoms with E-state index in [9.17, 15) is 0 Å². The van der Waals surface area contributed by atoms with Gasteiger partial charge in [0.1, 0.15) is 0 Å². The highest BCUT2D eigenvalue weighted by Crippen LogP contribution is 2.06. The molecule has 0 unspecified atom stereocenters. The van der Waals surface area contributed by atoms with Gasteiger partial charge in [0.05, 0.1) is 12.3 Å². The summed E-state index contributed by atoms with van der Waals surface area (Å²) in [6.45, 7) is 3.03. The first kappa shape index (κ1) is 15.0. The lowest BCUT2D eigenvalue weighted by Crippen LogP contribution is -2.01. The van der Waals surface area contributed by atoms with E-state index >= 15 is 0 Å². The molecule has 1 rings (SSSR count). The normalized spacial score (nSPS) is 8.15. The average Bonchev–Trinajstić information content (AvgIpc) is 2.06. The fourth-order valence-corrected chi connectivity index (χ4v) is 0.800. The minimum Gasteiger partial charge on any atom is -0.478 e. The predicted octanol–water partition coefficient (Wildman–Crippen LogP) is 1.78. The summed E-state index contributed by atoms with van der Waals surface area (Å²) >= 11 is 0. The van der Waals surface area contributed by atoms with E-state index in [1.807, 2.05) is 25.1 Å². The van der Waals surface area contributed by atoms with E-state index in [0.717, 1.165) is 5.69 Å². The van der Waals surface area contributed by atoms with Crippen molar-refractivity contribution in [2.24, 2.45) is 5.73 Å². The first-order valence-electron chi connectivity index (χ1n) is 3.65. The molecule has 0 spiro atoms. The van der Waals surface area contributed by atoms with Gasteiger partial charge in [0, 0.05) is 12.6 Å². The number of halogens is 2. The zero-order valence-electron chi connectivity index (χ0n) is 7.40. The molecule has 0 aliphatic carbocycles. The molecule has 0 aliphatic heterocycles. The van der Waals surface area contributed by atoms with Gasteiger partial charge in [0.2, 0.25) is 5.88 Å². The summed E-state index contributed by atoms with van der Waals surface area (Å²) in [7, 11) is 0. The zero-order chi connectivity index (χ0) is 8.10. The topological polar surface area (TPSA) is 48.1 Å². The van der Waals surface area contributed by atoms with Crippen LogP contribution in [0.2, 0.25) is 0 Å². The lowest BCUT2D eigenvalue weighted by atomic mass is 10.3. The van der Waals surface area contributed by atoms with Crippen LogP contribution in [0.25, 0.3) is 0 Å². The van der Waals surface area contributed by atoms with Gasteiger partial charge in [-0.3, -0.25) is 0 Å². The van der Waals surface area contributed by atoms with E-state index in [0.29, 0.717) is 19.0 Å². The van der Waals surface area contributed by atoms with Crippen LogP contribution < -0.4 is 10.5 Å². The standard InChI is InChI=1S/C8H12N2O.2ClH/c1-2-11-8-5-3-4-7(6-9)10-8;;/h3-5H,2,6,9H2,1H3;2*1H. The Morgan fingerprint density at radius 1 is 1.38 bits per heavy atom. The molecule has 0 radical (unpaired) electrons. The molecule has 0 atom stereocenters. The predicted molar refractivity (Wildman–Crippen MR) is 57.8 cm³/mol. The number of nitrogens with zero attached hydrogens (tertiary/aromatic N) is 1. The van der Waals surface area contributed by atoms with E-state index in [4.69, 9.17) is 10.5 Å². The summed E-state index contributed by atoms with van der Waals surface area (Å²) in [5.41, 5.74) is 6.25. The van der Waals surface area contributed by atoms with Gasteiger partial charge >= 0.3 is 0 Å².